The van der Waals surface area contributed by atoms with Crippen LogP contribution in [-0.4, -0.2) is 59.6 Å². The van der Waals surface area contributed by atoms with Crippen molar-refractivity contribution in [2.24, 2.45) is 23.5 Å². The SMILES string of the molecule is NC(=O)C1C(=O)[C@@]2(O)C(=O)C3=C(O)c4c(O)ccc(-c5ncccn5)c4C[C@H]3C[C@H]2CC1O. The molecule has 5 atom stereocenters. The van der Waals surface area contributed by atoms with Crippen molar-refractivity contribution in [3.63, 3.8) is 0 Å². The van der Waals surface area contributed by atoms with Gasteiger partial charge in [0.15, 0.2) is 17.2 Å². The molecule has 2 aromatic rings. The summed E-state index contributed by atoms with van der Waals surface area (Å²) in [5, 5.41) is 43.1. The predicted octanol–water partition coefficient (Wildman–Crippen LogP) is 0.0459. The third kappa shape index (κ3) is 2.84. The Balaban J connectivity index is 1.67. The Morgan fingerprint density at radius 3 is 2.48 bits per heavy atom. The van der Waals surface area contributed by atoms with Crippen molar-refractivity contribution in [1.29, 1.82) is 0 Å². The van der Waals surface area contributed by atoms with E-state index in [1.165, 1.54) is 6.07 Å². The standard InChI is InChI=1S/C23H21N3O7/c24-21(32)17-14(28)8-10-6-9-7-12-11(22-25-4-1-5-26-22)2-3-13(27)16(12)18(29)15(9)19(30)23(10,33)20(17)31/h1-5,9-10,14,17,27-29,33H,6-8H2,(H2,24,32)/t9-,10+,14?,17?,23+/m1/s1. The number of phenolic OH excluding ortho intramolecular Hbond substituents is 1. The van der Waals surface area contributed by atoms with Gasteiger partial charge >= 0.3 is 0 Å². The average molecular weight is 451 g/mol. The lowest BCUT2D eigenvalue weighted by Gasteiger charge is -2.48. The van der Waals surface area contributed by atoms with Gasteiger partial charge in [0, 0.05) is 29.4 Å². The minimum absolute atomic E-state index is 0.0105. The van der Waals surface area contributed by atoms with Crippen LogP contribution in [0, 0.1) is 17.8 Å². The highest BCUT2D eigenvalue weighted by atomic mass is 16.3. The minimum Gasteiger partial charge on any atom is -0.507 e. The van der Waals surface area contributed by atoms with Gasteiger partial charge in [-0.3, -0.25) is 14.4 Å². The molecule has 3 aliphatic rings. The van der Waals surface area contributed by atoms with Crippen molar-refractivity contribution < 1.29 is 34.8 Å². The quantitative estimate of drug-likeness (QED) is 0.393. The summed E-state index contributed by atoms with van der Waals surface area (Å²) in [6, 6.07) is 4.61. The summed E-state index contributed by atoms with van der Waals surface area (Å²) < 4.78 is 0. The summed E-state index contributed by atoms with van der Waals surface area (Å²) >= 11 is 0. The maximum atomic E-state index is 13.5. The Hall–Kier alpha value is -3.63. The van der Waals surface area contributed by atoms with Crippen LogP contribution in [0.2, 0.25) is 0 Å². The molecule has 2 unspecified atom stereocenters. The number of aromatic nitrogens is 2. The van der Waals surface area contributed by atoms with Crippen LogP contribution in [0.3, 0.4) is 0 Å². The lowest BCUT2D eigenvalue weighted by molar-refractivity contribution is -0.174. The normalized spacial score (nSPS) is 31.0. The molecule has 2 saturated carbocycles. The van der Waals surface area contributed by atoms with Crippen LogP contribution in [0.25, 0.3) is 17.1 Å². The monoisotopic (exact) mass is 451 g/mol. The molecule has 2 fully saturated rings. The Kier molecular flexibility index (Phi) is 4.62. The fourth-order valence-electron chi connectivity index (χ4n) is 5.57. The van der Waals surface area contributed by atoms with E-state index in [9.17, 15) is 34.8 Å². The van der Waals surface area contributed by atoms with E-state index in [1.807, 2.05) is 0 Å². The van der Waals surface area contributed by atoms with E-state index in [2.05, 4.69) is 9.97 Å². The number of aliphatic hydroxyl groups is 3. The van der Waals surface area contributed by atoms with Gasteiger partial charge in [0.25, 0.3) is 0 Å². The van der Waals surface area contributed by atoms with E-state index >= 15 is 0 Å². The van der Waals surface area contributed by atoms with Gasteiger partial charge in [0.05, 0.1) is 11.7 Å². The summed E-state index contributed by atoms with van der Waals surface area (Å²) in [4.78, 5) is 46.6. The van der Waals surface area contributed by atoms with E-state index in [0.29, 0.717) is 17.0 Å². The van der Waals surface area contributed by atoms with Crippen molar-refractivity contribution >= 4 is 23.2 Å². The molecule has 6 N–H and O–H groups in total. The molecule has 10 heteroatoms. The molecule has 1 heterocycles. The zero-order valence-corrected chi connectivity index (χ0v) is 17.3. The van der Waals surface area contributed by atoms with Crippen LogP contribution in [-0.2, 0) is 20.8 Å². The predicted molar refractivity (Wildman–Crippen MR) is 112 cm³/mol. The second-order valence-corrected chi connectivity index (χ2v) is 8.80. The molecular formula is C23H21N3O7. The smallest absolute Gasteiger partial charge is 0.230 e. The van der Waals surface area contributed by atoms with Crippen molar-refractivity contribution in [3.8, 4) is 17.1 Å². The summed E-state index contributed by atoms with van der Waals surface area (Å²) in [6.45, 7) is 0. The van der Waals surface area contributed by atoms with Crippen LogP contribution >= 0.6 is 0 Å². The number of fused-ring (bicyclic) bond motifs is 3. The second kappa shape index (κ2) is 7.19. The van der Waals surface area contributed by atoms with Gasteiger partial charge in [-0.25, -0.2) is 9.97 Å². The summed E-state index contributed by atoms with van der Waals surface area (Å²) in [6.07, 6.45) is 1.83. The van der Waals surface area contributed by atoms with Crippen LogP contribution in [0.5, 0.6) is 5.75 Å². The molecule has 3 aliphatic carbocycles. The number of phenols is 1. The van der Waals surface area contributed by atoms with Gasteiger partial charge in [0.2, 0.25) is 11.7 Å². The maximum absolute atomic E-state index is 13.5. The van der Waals surface area contributed by atoms with E-state index in [0.717, 1.165) is 0 Å². The lowest BCUT2D eigenvalue weighted by atomic mass is 9.56. The fourth-order valence-corrected chi connectivity index (χ4v) is 5.57. The van der Waals surface area contributed by atoms with Gasteiger partial charge in [-0.05, 0) is 48.9 Å². The number of carbonyl (C=O) groups excluding carboxylic acids is 3. The number of hydrogen-bond acceptors (Lipinski definition) is 9. The Morgan fingerprint density at radius 2 is 1.82 bits per heavy atom. The number of rotatable bonds is 2. The van der Waals surface area contributed by atoms with Crippen molar-refractivity contribution in [1.82, 2.24) is 9.97 Å². The third-order valence-electron chi connectivity index (χ3n) is 7.07. The number of benzene rings is 1. The Morgan fingerprint density at radius 1 is 1.12 bits per heavy atom. The van der Waals surface area contributed by atoms with Gasteiger partial charge in [-0.1, -0.05) is 0 Å². The number of hydrogen-bond donors (Lipinski definition) is 5. The first-order valence-corrected chi connectivity index (χ1v) is 10.5. The summed E-state index contributed by atoms with van der Waals surface area (Å²) in [7, 11) is 0. The fraction of sp³-hybridized carbons (Fsp3) is 0.348. The first-order chi connectivity index (χ1) is 15.7. The van der Waals surface area contributed by atoms with Gasteiger partial charge in [-0.15, -0.1) is 0 Å². The Labute approximate surface area is 187 Å². The zero-order valence-electron chi connectivity index (χ0n) is 17.3. The number of aromatic hydroxyl groups is 1. The number of ketones is 2. The highest BCUT2D eigenvalue weighted by Gasteiger charge is 2.63. The topological polar surface area (TPSA) is 184 Å². The van der Waals surface area contributed by atoms with Crippen molar-refractivity contribution in [3.05, 3.63) is 47.3 Å². The Bertz CT molecular complexity index is 1240. The highest BCUT2D eigenvalue weighted by molar-refractivity contribution is 6.24. The number of amides is 1. The van der Waals surface area contributed by atoms with E-state index in [4.69, 9.17) is 5.73 Å². The van der Waals surface area contributed by atoms with Gasteiger partial charge < -0.3 is 26.2 Å². The molecule has 1 amide bonds. The van der Waals surface area contributed by atoms with Crippen LogP contribution in [0.1, 0.15) is 24.0 Å². The molecule has 10 nitrogen and oxygen atoms in total. The first kappa shape index (κ1) is 21.2. The molecule has 0 aliphatic heterocycles. The number of nitrogens with zero attached hydrogens (tertiary/aromatic N) is 2. The number of nitrogens with two attached hydrogens (primary N) is 1. The lowest BCUT2D eigenvalue weighted by Crippen LogP contribution is -2.66. The summed E-state index contributed by atoms with van der Waals surface area (Å²) in [5.74, 6) is -7.05. The van der Waals surface area contributed by atoms with E-state index in [-0.39, 0.29) is 36.1 Å². The number of Topliss-reactive ketones (excluding diaryl/α,β-unsaturated/α-hetero) is 2. The van der Waals surface area contributed by atoms with E-state index in [1.54, 1.807) is 24.5 Å². The molecule has 0 bridgehead atoms. The van der Waals surface area contributed by atoms with Crippen LogP contribution in [0.4, 0.5) is 0 Å². The maximum Gasteiger partial charge on any atom is 0.230 e. The average Bonchev–Trinajstić information content (AvgIpc) is 2.76. The van der Waals surface area contributed by atoms with Crippen molar-refractivity contribution in [2.75, 3.05) is 0 Å². The second-order valence-electron chi connectivity index (χ2n) is 8.80. The molecule has 0 saturated heterocycles. The van der Waals surface area contributed by atoms with Crippen LogP contribution < -0.4 is 5.73 Å². The molecule has 170 valence electrons. The molecule has 1 aromatic heterocycles. The summed E-state index contributed by atoms with van der Waals surface area (Å²) in [5.41, 5.74) is 3.57. The van der Waals surface area contributed by atoms with Gasteiger partial charge in [0.1, 0.15) is 17.4 Å². The molecule has 33 heavy (non-hydrogen) atoms. The van der Waals surface area contributed by atoms with Crippen molar-refractivity contribution in [2.45, 2.75) is 31.0 Å². The minimum atomic E-state index is -2.59. The van der Waals surface area contributed by atoms with Gasteiger partial charge in [-0.2, -0.15) is 0 Å². The number of primary amides is 1. The molecule has 5 rings (SSSR count). The highest BCUT2D eigenvalue weighted by Crippen LogP contribution is 2.52. The van der Waals surface area contributed by atoms with E-state index < -0.39 is 52.7 Å². The zero-order chi connectivity index (χ0) is 23.7. The first-order valence-electron chi connectivity index (χ1n) is 10.5. The van der Waals surface area contributed by atoms with Crippen LogP contribution in [0.15, 0.2) is 36.2 Å². The number of aliphatic hydroxyl groups excluding tert-OH is 2. The molecular weight excluding hydrogens is 430 g/mol. The third-order valence-corrected chi connectivity index (χ3v) is 7.07. The molecule has 0 radical (unpaired) electrons. The molecule has 1 aromatic carbocycles. The molecule has 0 spiro atoms. The number of carbonyl (C=O) groups is 3. The largest absolute Gasteiger partial charge is 0.507 e.